The van der Waals surface area contributed by atoms with Gasteiger partial charge in [-0.15, -0.1) is 0 Å². The Kier molecular flexibility index (Phi) is 7.41. The first-order chi connectivity index (χ1) is 24.8. The van der Waals surface area contributed by atoms with Gasteiger partial charge in [0, 0.05) is 70.2 Å². The highest BCUT2D eigenvalue weighted by Gasteiger charge is 2.16. The molecule has 0 N–H and O–H groups in total. The van der Waals surface area contributed by atoms with Gasteiger partial charge in [-0.05, 0) is 88.0 Å². The van der Waals surface area contributed by atoms with Crippen LogP contribution in [-0.2, 0) is 0 Å². The van der Waals surface area contributed by atoms with Gasteiger partial charge < -0.3 is 0 Å². The van der Waals surface area contributed by atoms with Crippen molar-refractivity contribution < 1.29 is 0 Å². The number of fused-ring (bicyclic) bond motifs is 3. The van der Waals surface area contributed by atoms with Gasteiger partial charge in [-0.3, -0.25) is 19.9 Å². The summed E-state index contributed by atoms with van der Waals surface area (Å²) < 4.78 is 0. The zero-order chi connectivity index (χ0) is 33.3. The van der Waals surface area contributed by atoms with Crippen LogP contribution in [0.2, 0.25) is 0 Å². The number of hydrogen-bond donors (Lipinski definition) is 0. The second-order valence-corrected chi connectivity index (χ2v) is 12.2. The van der Waals surface area contributed by atoms with Gasteiger partial charge in [0.25, 0.3) is 0 Å². The van der Waals surface area contributed by atoms with E-state index in [1.165, 1.54) is 0 Å². The molecule has 0 amide bonds. The Morgan fingerprint density at radius 3 is 1.52 bits per heavy atom. The van der Waals surface area contributed by atoms with Crippen LogP contribution in [0.1, 0.15) is 0 Å². The Balaban J connectivity index is 1.19. The Labute approximate surface area is 289 Å². The molecule has 9 rings (SSSR count). The summed E-state index contributed by atoms with van der Waals surface area (Å²) in [5, 5.41) is 2.13. The molecule has 5 aromatic heterocycles. The lowest BCUT2D eigenvalue weighted by atomic mass is 9.95. The molecule has 0 saturated heterocycles. The molecule has 0 unspecified atom stereocenters. The molecule has 0 aliphatic carbocycles. The van der Waals surface area contributed by atoms with E-state index in [1.54, 1.807) is 12.4 Å². The molecule has 5 nitrogen and oxygen atoms in total. The molecule has 0 radical (unpaired) electrons. The molecule has 0 aliphatic heterocycles. The molecular formula is C45H29N5. The van der Waals surface area contributed by atoms with E-state index in [0.717, 1.165) is 88.8 Å². The van der Waals surface area contributed by atoms with Gasteiger partial charge in [0.05, 0.1) is 22.4 Å². The highest BCUT2D eigenvalue weighted by Crippen LogP contribution is 2.38. The van der Waals surface area contributed by atoms with E-state index in [0.29, 0.717) is 0 Å². The van der Waals surface area contributed by atoms with Crippen LogP contribution >= 0.6 is 0 Å². The zero-order valence-corrected chi connectivity index (χ0v) is 27.0. The van der Waals surface area contributed by atoms with Crippen molar-refractivity contribution in [1.29, 1.82) is 0 Å². The molecule has 4 aromatic carbocycles. The van der Waals surface area contributed by atoms with Crippen molar-refractivity contribution in [2.24, 2.45) is 0 Å². The van der Waals surface area contributed by atoms with E-state index in [2.05, 4.69) is 125 Å². The Bertz CT molecular complexity index is 2550. The second kappa shape index (κ2) is 12.6. The van der Waals surface area contributed by atoms with Crippen LogP contribution < -0.4 is 0 Å². The maximum atomic E-state index is 5.29. The summed E-state index contributed by atoms with van der Waals surface area (Å²) in [6.45, 7) is 0. The van der Waals surface area contributed by atoms with Crippen molar-refractivity contribution >= 4 is 21.8 Å². The molecule has 9 aromatic rings. The quantitative estimate of drug-likeness (QED) is 0.169. The van der Waals surface area contributed by atoms with Crippen LogP contribution in [0, 0.1) is 0 Å². The minimum Gasteiger partial charge on any atom is -0.264 e. The van der Waals surface area contributed by atoms with Crippen LogP contribution in [0.4, 0.5) is 0 Å². The number of aromatic nitrogens is 5. The van der Waals surface area contributed by atoms with Crippen LogP contribution in [0.25, 0.3) is 88.8 Å². The summed E-state index contributed by atoms with van der Waals surface area (Å²) in [7, 11) is 0. The highest BCUT2D eigenvalue weighted by atomic mass is 14.8. The van der Waals surface area contributed by atoms with E-state index < -0.39 is 0 Å². The van der Waals surface area contributed by atoms with Crippen LogP contribution in [0.5, 0.6) is 0 Å². The van der Waals surface area contributed by atoms with Gasteiger partial charge in [-0.1, -0.05) is 84.9 Å². The molecule has 5 heteroatoms. The fourth-order valence-electron chi connectivity index (χ4n) is 6.67. The van der Waals surface area contributed by atoms with Crippen molar-refractivity contribution in [2.75, 3.05) is 0 Å². The smallest absolute Gasteiger partial charge is 0.0978 e. The standard InChI is InChI=1S/C45H29N5/c1-3-9-30(10-4-1)38-19-22-48-44-39(38)16-17-40-41(31-11-5-2-6-12-31)26-43(50-45(40)44)34-15-18-42(49-29-34)37-24-35(32-13-7-20-46-27-32)23-36(25-37)33-14-8-21-47-28-33/h1-29H. The molecule has 0 saturated carbocycles. The molecule has 50 heavy (non-hydrogen) atoms. The first-order valence-corrected chi connectivity index (χ1v) is 16.5. The molecular weight excluding hydrogens is 611 g/mol. The first-order valence-electron chi connectivity index (χ1n) is 16.5. The van der Waals surface area contributed by atoms with Gasteiger partial charge in [-0.25, -0.2) is 4.98 Å². The Morgan fingerprint density at radius 1 is 0.320 bits per heavy atom. The van der Waals surface area contributed by atoms with Crippen molar-refractivity contribution in [3.63, 3.8) is 0 Å². The Morgan fingerprint density at radius 2 is 0.920 bits per heavy atom. The maximum absolute atomic E-state index is 5.29. The molecule has 5 heterocycles. The third-order valence-corrected chi connectivity index (χ3v) is 9.14. The average molecular weight is 640 g/mol. The molecule has 0 fully saturated rings. The summed E-state index contributed by atoms with van der Waals surface area (Å²) in [5.41, 5.74) is 14.1. The molecule has 0 spiro atoms. The Hall–Kier alpha value is -6.85. The number of nitrogens with zero attached hydrogens (tertiary/aromatic N) is 5. The highest BCUT2D eigenvalue weighted by molar-refractivity contribution is 6.12. The summed E-state index contributed by atoms with van der Waals surface area (Å²) in [5.74, 6) is 0. The molecule has 0 atom stereocenters. The second-order valence-electron chi connectivity index (χ2n) is 12.2. The molecule has 0 bridgehead atoms. The average Bonchev–Trinajstić information content (AvgIpc) is 3.21. The topological polar surface area (TPSA) is 64.5 Å². The number of benzene rings is 4. The van der Waals surface area contributed by atoms with E-state index in [-0.39, 0.29) is 0 Å². The normalized spacial score (nSPS) is 11.2. The van der Waals surface area contributed by atoms with Crippen molar-refractivity contribution in [2.45, 2.75) is 0 Å². The van der Waals surface area contributed by atoms with Crippen LogP contribution in [0.15, 0.2) is 177 Å². The summed E-state index contributed by atoms with van der Waals surface area (Å²) in [4.78, 5) is 23.9. The molecule has 234 valence electrons. The zero-order valence-electron chi connectivity index (χ0n) is 27.0. The molecule has 0 aliphatic rings. The summed E-state index contributed by atoms with van der Waals surface area (Å²) in [6, 6.07) is 48.3. The SMILES string of the molecule is c1ccc(-c2ccnc3c2ccc2c(-c4ccccc4)cc(-c4ccc(-c5cc(-c6cccnc6)cc(-c6cccnc6)c5)nc4)nc23)cc1. The minimum atomic E-state index is 0.843. The van der Waals surface area contributed by atoms with Crippen molar-refractivity contribution in [3.8, 4) is 67.0 Å². The van der Waals surface area contributed by atoms with Gasteiger partial charge in [0.15, 0.2) is 0 Å². The largest absolute Gasteiger partial charge is 0.264 e. The summed E-state index contributed by atoms with van der Waals surface area (Å²) in [6.07, 6.45) is 11.2. The predicted octanol–water partition coefficient (Wildman–Crippen LogP) is 11.0. The van der Waals surface area contributed by atoms with Crippen molar-refractivity contribution in [1.82, 2.24) is 24.9 Å². The van der Waals surface area contributed by atoms with E-state index in [9.17, 15) is 0 Å². The third-order valence-electron chi connectivity index (χ3n) is 9.14. The lowest BCUT2D eigenvalue weighted by molar-refractivity contribution is 1.30. The minimum absolute atomic E-state index is 0.843. The first kappa shape index (κ1) is 29.3. The third kappa shape index (κ3) is 5.47. The van der Waals surface area contributed by atoms with Gasteiger partial charge in [0.2, 0.25) is 0 Å². The van der Waals surface area contributed by atoms with Crippen LogP contribution in [-0.4, -0.2) is 24.9 Å². The van der Waals surface area contributed by atoms with E-state index in [1.807, 2.05) is 49.1 Å². The summed E-state index contributed by atoms with van der Waals surface area (Å²) >= 11 is 0. The maximum Gasteiger partial charge on any atom is 0.0978 e. The van der Waals surface area contributed by atoms with E-state index in [4.69, 9.17) is 15.0 Å². The van der Waals surface area contributed by atoms with E-state index >= 15 is 0 Å². The monoisotopic (exact) mass is 639 g/mol. The van der Waals surface area contributed by atoms with Gasteiger partial charge >= 0.3 is 0 Å². The van der Waals surface area contributed by atoms with Crippen LogP contribution in [0.3, 0.4) is 0 Å². The van der Waals surface area contributed by atoms with Crippen molar-refractivity contribution in [3.05, 3.63) is 177 Å². The number of hydrogen-bond acceptors (Lipinski definition) is 5. The number of rotatable bonds is 6. The fourth-order valence-corrected chi connectivity index (χ4v) is 6.67. The lowest BCUT2D eigenvalue weighted by Gasteiger charge is -2.14. The van der Waals surface area contributed by atoms with Gasteiger partial charge in [-0.2, -0.15) is 0 Å². The lowest BCUT2D eigenvalue weighted by Crippen LogP contribution is -1.94. The van der Waals surface area contributed by atoms with Gasteiger partial charge in [0.1, 0.15) is 0 Å². The fraction of sp³-hybridized carbons (Fsp3) is 0. The number of pyridine rings is 5. The predicted molar refractivity (Wildman–Crippen MR) is 203 cm³/mol.